The smallest absolute Gasteiger partial charge is 0.248 e. The largest absolute Gasteiger partial charge is 0.265 e. The normalized spacial score (nSPS) is 12.4. The van der Waals surface area contributed by atoms with Gasteiger partial charge in [0.05, 0.1) is 0 Å². The van der Waals surface area contributed by atoms with Crippen molar-refractivity contribution in [2.45, 2.75) is 0 Å². The van der Waals surface area contributed by atoms with Gasteiger partial charge in [0.2, 0.25) is 10.0 Å². The van der Waals surface area contributed by atoms with E-state index in [0.717, 1.165) is 12.6 Å². The first kappa shape index (κ1) is 14.4. The molecule has 0 radical (unpaired) electrons. The first-order valence-corrected chi connectivity index (χ1v) is 8.42. The van der Waals surface area contributed by atoms with E-state index in [2.05, 4.69) is 9.97 Å². The fraction of sp³-hybridized carbons (Fsp3) is 0.333. The number of rotatable bonds is 4. The summed E-state index contributed by atoms with van der Waals surface area (Å²) in [7, 11) is -7.80. The predicted octanol–water partition coefficient (Wildman–Crippen LogP) is 0.527. The molecule has 0 amide bonds. The SMILES string of the molecule is CS(=O)(=O)CS(=O)(=O)Nc1ncnc(Cl)c1Cl. The molecule has 0 aliphatic rings. The number of nitrogens with zero attached hydrogens (tertiary/aromatic N) is 2. The number of halogens is 2. The van der Waals surface area contributed by atoms with Crippen LogP contribution < -0.4 is 4.72 Å². The maximum absolute atomic E-state index is 11.4. The molecule has 1 heterocycles. The Morgan fingerprint density at radius 2 is 1.82 bits per heavy atom. The van der Waals surface area contributed by atoms with Crippen LogP contribution in [0.15, 0.2) is 6.33 Å². The van der Waals surface area contributed by atoms with Gasteiger partial charge in [0.1, 0.15) is 11.3 Å². The van der Waals surface area contributed by atoms with Crippen molar-refractivity contribution in [1.82, 2.24) is 9.97 Å². The van der Waals surface area contributed by atoms with E-state index in [1.165, 1.54) is 0 Å². The van der Waals surface area contributed by atoms with E-state index < -0.39 is 24.9 Å². The van der Waals surface area contributed by atoms with E-state index >= 15 is 0 Å². The number of aromatic nitrogens is 2. The molecule has 0 saturated carbocycles. The Morgan fingerprint density at radius 1 is 1.24 bits per heavy atom. The Morgan fingerprint density at radius 3 is 2.35 bits per heavy atom. The molecular weight excluding hydrogens is 313 g/mol. The summed E-state index contributed by atoms with van der Waals surface area (Å²) in [6, 6.07) is 0. The molecule has 1 N–H and O–H groups in total. The van der Waals surface area contributed by atoms with Crippen LogP contribution in [-0.2, 0) is 19.9 Å². The number of hydrogen-bond acceptors (Lipinski definition) is 6. The maximum Gasteiger partial charge on any atom is 0.248 e. The first-order chi connectivity index (χ1) is 7.61. The van der Waals surface area contributed by atoms with Gasteiger partial charge in [0.25, 0.3) is 0 Å². The van der Waals surface area contributed by atoms with Gasteiger partial charge in [-0.3, -0.25) is 4.72 Å². The number of anilines is 1. The maximum atomic E-state index is 11.4. The van der Waals surface area contributed by atoms with Crippen LogP contribution in [0.3, 0.4) is 0 Å². The van der Waals surface area contributed by atoms with Crippen LogP contribution >= 0.6 is 23.2 Å². The minimum atomic E-state index is -4.10. The number of sulfone groups is 1. The van der Waals surface area contributed by atoms with E-state index in [1.54, 1.807) is 0 Å². The Hall–Kier alpha value is -0.640. The summed E-state index contributed by atoms with van der Waals surface area (Å²) in [4.78, 5) is 7.05. The van der Waals surface area contributed by atoms with Gasteiger partial charge in [-0.25, -0.2) is 26.8 Å². The van der Waals surface area contributed by atoms with E-state index in [9.17, 15) is 16.8 Å². The van der Waals surface area contributed by atoms with Crippen molar-refractivity contribution in [3.8, 4) is 0 Å². The van der Waals surface area contributed by atoms with Gasteiger partial charge in [0, 0.05) is 6.26 Å². The summed E-state index contributed by atoms with van der Waals surface area (Å²) in [5.41, 5.74) is 0. The number of hydrogen-bond donors (Lipinski definition) is 1. The minimum Gasteiger partial charge on any atom is -0.265 e. The van der Waals surface area contributed by atoms with Gasteiger partial charge >= 0.3 is 0 Å². The molecule has 0 aliphatic carbocycles. The van der Waals surface area contributed by atoms with E-state index in [1.807, 2.05) is 4.72 Å². The molecule has 0 unspecified atom stereocenters. The molecule has 0 fully saturated rings. The fourth-order valence-corrected chi connectivity index (χ4v) is 4.15. The lowest BCUT2D eigenvalue weighted by Crippen LogP contribution is -2.23. The topological polar surface area (TPSA) is 106 Å². The molecule has 0 aromatic carbocycles. The van der Waals surface area contributed by atoms with Gasteiger partial charge in [-0.1, -0.05) is 23.2 Å². The van der Waals surface area contributed by atoms with Crippen LogP contribution in [0.1, 0.15) is 0 Å². The highest BCUT2D eigenvalue weighted by Crippen LogP contribution is 2.26. The summed E-state index contributed by atoms with van der Waals surface area (Å²) in [5.74, 6) is -0.268. The van der Waals surface area contributed by atoms with E-state index in [4.69, 9.17) is 23.2 Å². The van der Waals surface area contributed by atoms with Crippen LogP contribution in [0, 0.1) is 0 Å². The van der Waals surface area contributed by atoms with E-state index in [-0.39, 0.29) is 16.0 Å². The molecule has 17 heavy (non-hydrogen) atoms. The monoisotopic (exact) mass is 319 g/mol. The zero-order valence-corrected chi connectivity index (χ0v) is 11.5. The van der Waals surface area contributed by atoms with Crippen molar-refractivity contribution < 1.29 is 16.8 Å². The fourth-order valence-electron chi connectivity index (χ4n) is 0.878. The first-order valence-electron chi connectivity index (χ1n) is 3.95. The Kier molecular flexibility index (Phi) is 4.18. The third kappa shape index (κ3) is 4.62. The molecule has 0 aliphatic heterocycles. The van der Waals surface area contributed by atoms with Gasteiger partial charge in [-0.2, -0.15) is 0 Å². The molecule has 0 saturated heterocycles. The highest BCUT2D eigenvalue weighted by molar-refractivity contribution is 8.08. The molecule has 96 valence electrons. The van der Waals surface area contributed by atoms with Crippen molar-refractivity contribution in [2.75, 3.05) is 16.1 Å². The molecule has 1 aromatic rings. The lowest BCUT2D eigenvalue weighted by atomic mass is 10.6. The molecule has 7 nitrogen and oxygen atoms in total. The molecular formula is C6H7Cl2N3O4S2. The van der Waals surface area contributed by atoms with Crippen LogP contribution in [-0.4, -0.2) is 38.1 Å². The average molecular weight is 320 g/mol. The van der Waals surface area contributed by atoms with E-state index in [0.29, 0.717) is 0 Å². The van der Waals surface area contributed by atoms with Gasteiger partial charge in [-0.15, -0.1) is 0 Å². The quantitative estimate of drug-likeness (QED) is 0.811. The predicted molar refractivity (Wildman–Crippen MR) is 64.3 cm³/mol. The average Bonchev–Trinajstić information content (AvgIpc) is 2.08. The number of nitrogens with one attached hydrogen (secondary N) is 1. The van der Waals surface area contributed by atoms with Gasteiger partial charge < -0.3 is 0 Å². The van der Waals surface area contributed by atoms with Crippen molar-refractivity contribution in [1.29, 1.82) is 0 Å². The molecule has 0 atom stereocenters. The van der Waals surface area contributed by atoms with Crippen LogP contribution in [0.25, 0.3) is 0 Å². The van der Waals surface area contributed by atoms with Crippen LogP contribution in [0.4, 0.5) is 5.82 Å². The minimum absolute atomic E-state index is 0.140. The number of sulfonamides is 1. The Labute approximate surface area is 108 Å². The second kappa shape index (κ2) is 4.92. The second-order valence-corrected chi connectivity index (χ2v) is 8.05. The standard InChI is InChI=1S/C6H7Cl2N3O4S2/c1-16(12,13)3-17(14,15)11-6-4(7)5(8)9-2-10-6/h2H,3H2,1H3,(H,9,10,11). The molecule has 1 aromatic heterocycles. The Bertz CT molecular complexity index is 629. The van der Waals surface area contributed by atoms with Crippen molar-refractivity contribution in [3.05, 3.63) is 16.5 Å². The summed E-state index contributed by atoms with van der Waals surface area (Å²) in [5, 5.41) is -1.41. The van der Waals surface area contributed by atoms with Crippen LogP contribution in [0.2, 0.25) is 10.2 Å². The molecule has 0 bridgehead atoms. The van der Waals surface area contributed by atoms with Crippen molar-refractivity contribution in [3.63, 3.8) is 0 Å². The summed E-state index contributed by atoms with van der Waals surface area (Å²) < 4.78 is 46.5. The Balaban J connectivity index is 3.03. The summed E-state index contributed by atoms with van der Waals surface area (Å²) in [6.45, 7) is 0. The second-order valence-electron chi connectivity index (χ2n) is 3.09. The molecule has 11 heteroatoms. The lowest BCUT2D eigenvalue weighted by molar-refractivity contribution is 0.595. The zero-order chi connectivity index (χ0) is 13.3. The summed E-state index contributed by atoms with van der Waals surface area (Å²) in [6.07, 6.45) is 1.79. The third-order valence-electron chi connectivity index (χ3n) is 1.37. The molecule has 1 rings (SSSR count). The van der Waals surface area contributed by atoms with Gasteiger partial charge in [0.15, 0.2) is 25.9 Å². The van der Waals surface area contributed by atoms with Gasteiger partial charge in [-0.05, 0) is 0 Å². The highest BCUT2D eigenvalue weighted by atomic mass is 35.5. The van der Waals surface area contributed by atoms with Crippen molar-refractivity contribution in [2.24, 2.45) is 0 Å². The lowest BCUT2D eigenvalue weighted by Gasteiger charge is -2.07. The highest BCUT2D eigenvalue weighted by Gasteiger charge is 2.20. The van der Waals surface area contributed by atoms with Crippen LogP contribution in [0.5, 0.6) is 0 Å². The third-order valence-corrected chi connectivity index (χ3v) is 5.57. The molecule has 0 spiro atoms. The van der Waals surface area contributed by atoms with Crippen molar-refractivity contribution >= 4 is 48.9 Å². The summed E-state index contributed by atoms with van der Waals surface area (Å²) >= 11 is 11.2. The zero-order valence-electron chi connectivity index (χ0n) is 8.38.